The zero-order valence-corrected chi connectivity index (χ0v) is 10.8. The van der Waals surface area contributed by atoms with Crippen LogP contribution in [0, 0.1) is 25.6 Å². The van der Waals surface area contributed by atoms with Crippen molar-refractivity contribution in [3.05, 3.63) is 34.6 Å². The Kier molecular flexibility index (Phi) is 3.82. The minimum absolute atomic E-state index is 0.131. The fraction of sp³-hybridized carbons (Fsp3) is 0.600. The summed E-state index contributed by atoms with van der Waals surface area (Å²) in [6.07, 6.45) is 6.08. The van der Waals surface area contributed by atoms with Crippen LogP contribution in [0.1, 0.15) is 54.8 Å². The van der Waals surface area contributed by atoms with E-state index in [9.17, 15) is 4.39 Å². The van der Waals surface area contributed by atoms with Gasteiger partial charge in [0.2, 0.25) is 0 Å². The molecule has 1 nitrogen and oxygen atoms in total. The maximum Gasteiger partial charge on any atom is 0.128 e. The molecule has 0 spiro atoms. The first-order valence-corrected chi connectivity index (χ1v) is 6.60. The van der Waals surface area contributed by atoms with Gasteiger partial charge in [0.15, 0.2) is 0 Å². The van der Waals surface area contributed by atoms with E-state index in [0.29, 0.717) is 5.92 Å². The molecule has 1 saturated carbocycles. The summed E-state index contributed by atoms with van der Waals surface area (Å²) in [5.74, 6) is 0.568. The molecule has 2 heteroatoms. The molecule has 2 rings (SSSR count). The predicted molar refractivity (Wildman–Crippen MR) is 69.4 cm³/mol. The van der Waals surface area contributed by atoms with E-state index < -0.39 is 0 Å². The second-order valence-electron chi connectivity index (χ2n) is 5.47. The Morgan fingerprint density at radius 3 is 2.53 bits per heavy atom. The van der Waals surface area contributed by atoms with Crippen LogP contribution in [0.25, 0.3) is 0 Å². The van der Waals surface area contributed by atoms with Crippen LogP contribution in [-0.2, 0) is 0 Å². The Balaban J connectivity index is 2.15. The fourth-order valence-corrected chi connectivity index (χ4v) is 3.12. The van der Waals surface area contributed by atoms with Gasteiger partial charge in [-0.15, -0.1) is 0 Å². The van der Waals surface area contributed by atoms with Crippen LogP contribution in [0.5, 0.6) is 0 Å². The summed E-state index contributed by atoms with van der Waals surface area (Å²) in [7, 11) is 0. The minimum atomic E-state index is -0.140. The van der Waals surface area contributed by atoms with Crippen molar-refractivity contribution < 1.29 is 4.39 Å². The van der Waals surface area contributed by atoms with Crippen molar-refractivity contribution in [2.24, 2.45) is 11.7 Å². The molecule has 1 aromatic carbocycles. The van der Waals surface area contributed by atoms with Gasteiger partial charge in [-0.05, 0) is 43.4 Å². The molecule has 0 heterocycles. The van der Waals surface area contributed by atoms with Crippen LogP contribution in [0.3, 0.4) is 0 Å². The molecule has 1 unspecified atom stereocenters. The first kappa shape index (κ1) is 12.6. The van der Waals surface area contributed by atoms with Gasteiger partial charge in [0.1, 0.15) is 5.82 Å². The molecule has 1 atom stereocenters. The van der Waals surface area contributed by atoms with Crippen molar-refractivity contribution in [3.63, 3.8) is 0 Å². The third-order valence-electron chi connectivity index (χ3n) is 3.91. The maximum atomic E-state index is 14.0. The van der Waals surface area contributed by atoms with Gasteiger partial charge in [-0.2, -0.15) is 0 Å². The molecule has 0 amide bonds. The van der Waals surface area contributed by atoms with Gasteiger partial charge in [0.05, 0.1) is 0 Å². The minimum Gasteiger partial charge on any atom is -0.324 e. The summed E-state index contributed by atoms with van der Waals surface area (Å²) in [5.41, 5.74) is 8.87. The predicted octanol–water partition coefficient (Wildman–Crippen LogP) is 4.02. The molecule has 94 valence electrons. The van der Waals surface area contributed by atoms with Crippen LogP contribution in [0.4, 0.5) is 4.39 Å². The lowest BCUT2D eigenvalue weighted by Crippen LogP contribution is -2.17. The molecule has 17 heavy (non-hydrogen) atoms. The topological polar surface area (TPSA) is 26.0 Å². The second kappa shape index (κ2) is 5.18. The second-order valence-corrected chi connectivity index (χ2v) is 5.47. The molecule has 1 aliphatic carbocycles. The summed E-state index contributed by atoms with van der Waals surface area (Å²) in [6, 6.07) is 3.47. The van der Waals surface area contributed by atoms with Gasteiger partial charge < -0.3 is 5.73 Å². The van der Waals surface area contributed by atoms with E-state index in [2.05, 4.69) is 0 Å². The van der Waals surface area contributed by atoms with E-state index in [0.717, 1.165) is 23.1 Å². The molecule has 0 aliphatic heterocycles. The molecule has 1 aliphatic rings. The van der Waals surface area contributed by atoms with Gasteiger partial charge >= 0.3 is 0 Å². The monoisotopic (exact) mass is 235 g/mol. The smallest absolute Gasteiger partial charge is 0.128 e. The molecular formula is C15H22FN. The number of aryl methyl sites for hydroxylation is 2. The Morgan fingerprint density at radius 2 is 1.94 bits per heavy atom. The Morgan fingerprint density at radius 1 is 1.29 bits per heavy atom. The number of halogens is 1. The largest absolute Gasteiger partial charge is 0.324 e. The van der Waals surface area contributed by atoms with Crippen molar-refractivity contribution in [1.82, 2.24) is 0 Å². The van der Waals surface area contributed by atoms with Gasteiger partial charge in [0, 0.05) is 11.6 Å². The van der Waals surface area contributed by atoms with Crippen molar-refractivity contribution >= 4 is 0 Å². The van der Waals surface area contributed by atoms with Gasteiger partial charge in [-0.1, -0.05) is 31.7 Å². The Bertz CT molecular complexity index is 371. The molecular weight excluding hydrogens is 213 g/mol. The van der Waals surface area contributed by atoms with E-state index in [1.54, 1.807) is 6.07 Å². The average Bonchev–Trinajstić information content (AvgIpc) is 2.68. The first-order valence-electron chi connectivity index (χ1n) is 6.60. The summed E-state index contributed by atoms with van der Waals surface area (Å²) in [5, 5.41) is 0. The number of rotatable bonds is 3. The number of nitrogens with two attached hydrogens (primary N) is 1. The summed E-state index contributed by atoms with van der Waals surface area (Å²) in [6.45, 7) is 3.88. The summed E-state index contributed by atoms with van der Waals surface area (Å²) in [4.78, 5) is 0. The molecule has 0 aromatic heterocycles. The lowest BCUT2D eigenvalue weighted by molar-refractivity contribution is 0.439. The van der Waals surface area contributed by atoms with Crippen LogP contribution < -0.4 is 5.73 Å². The maximum absolute atomic E-state index is 14.0. The Labute approximate surface area is 103 Å². The number of hydrogen-bond donors (Lipinski definition) is 1. The number of benzene rings is 1. The highest BCUT2D eigenvalue weighted by Gasteiger charge is 2.22. The quantitative estimate of drug-likeness (QED) is 0.841. The third-order valence-corrected chi connectivity index (χ3v) is 3.91. The van der Waals surface area contributed by atoms with E-state index in [4.69, 9.17) is 5.73 Å². The number of hydrogen-bond acceptors (Lipinski definition) is 1. The normalized spacial score (nSPS) is 18.6. The lowest BCUT2D eigenvalue weighted by Gasteiger charge is -2.19. The van der Waals surface area contributed by atoms with Crippen molar-refractivity contribution in [2.75, 3.05) is 0 Å². The molecule has 0 radical (unpaired) electrons. The highest BCUT2D eigenvalue weighted by molar-refractivity contribution is 5.34. The average molecular weight is 235 g/mol. The van der Waals surface area contributed by atoms with Crippen LogP contribution in [-0.4, -0.2) is 0 Å². The van der Waals surface area contributed by atoms with Gasteiger partial charge in [0.25, 0.3) is 0 Å². The van der Waals surface area contributed by atoms with Crippen LogP contribution in [0.15, 0.2) is 12.1 Å². The van der Waals surface area contributed by atoms with Crippen molar-refractivity contribution in [1.29, 1.82) is 0 Å². The SMILES string of the molecule is Cc1cc(C)c(C(N)CC2CCCC2)c(F)c1. The fourth-order valence-electron chi connectivity index (χ4n) is 3.12. The molecule has 1 aromatic rings. The van der Waals surface area contributed by atoms with Crippen LogP contribution in [0.2, 0.25) is 0 Å². The molecule has 0 bridgehead atoms. The molecule has 2 N–H and O–H groups in total. The van der Waals surface area contributed by atoms with E-state index in [-0.39, 0.29) is 11.9 Å². The first-order chi connectivity index (χ1) is 8.08. The summed E-state index contributed by atoms with van der Waals surface area (Å²) >= 11 is 0. The zero-order valence-electron chi connectivity index (χ0n) is 10.8. The molecule has 1 fully saturated rings. The standard InChI is InChI=1S/C15H22FN/c1-10-7-11(2)15(13(16)8-10)14(17)9-12-5-3-4-6-12/h7-8,12,14H,3-6,9,17H2,1-2H3. The van der Waals surface area contributed by atoms with Crippen molar-refractivity contribution in [2.45, 2.75) is 52.0 Å². The highest BCUT2D eigenvalue weighted by atomic mass is 19.1. The van der Waals surface area contributed by atoms with E-state index >= 15 is 0 Å². The van der Waals surface area contributed by atoms with Crippen LogP contribution >= 0.6 is 0 Å². The molecule has 0 saturated heterocycles. The van der Waals surface area contributed by atoms with E-state index in [1.807, 2.05) is 19.9 Å². The lowest BCUT2D eigenvalue weighted by atomic mass is 9.91. The van der Waals surface area contributed by atoms with Gasteiger partial charge in [-0.25, -0.2) is 4.39 Å². The third kappa shape index (κ3) is 2.86. The van der Waals surface area contributed by atoms with E-state index in [1.165, 1.54) is 25.7 Å². The Hall–Kier alpha value is -0.890. The van der Waals surface area contributed by atoms with Gasteiger partial charge in [-0.3, -0.25) is 0 Å². The zero-order chi connectivity index (χ0) is 12.4. The van der Waals surface area contributed by atoms with Crippen molar-refractivity contribution in [3.8, 4) is 0 Å². The summed E-state index contributed by atoms with van der Waals surface area (Å²) < 4.78 is 14.0. The highest BCUT2D eigenvalue weighted by Crippen LogP contribution is 2.33.